The molecule has 0 spiro atoms. The van der Waals surface area contributed by atoms with Gasteiger partial charge in [-0.1, -0.05) is 6.07 Å². The van der Waals surface area contributed by atoms with Crippen molar-refractivity contribution in [2.75, 3.05) is 12.4 Å². The van der Waals surface area contributed by atoms with Gasteiger partial charge in [-0.2, -0.15) is 8.42 Å². The molecule has 1 aliphatic rings. The monoisotopic (exact) mass is 304 g/mol. The molecule has 0 saturated heterocycles. The molecule has 8 heteroatoms. The Hall–Kier alpha value is -2.48. The molecule has 3 heterocycles. The van der Waals surface area contributed by atoms with E-state index in [1.807, 2.05) is 0 Å². The van der Waals surface area contributed by atoms with Crippen LogP contribution in [0.5, 0.6) is 0 Å². The summed E-state index contributed by atoms with van der Waals surface area (Å²) in [7, 11) is -2.15. The number of aromatic nitrogens is 2. The zero-order valence-electron chi connectivity index (χ0n) is 11.1. The van der Waals surface area contributed by atoms with Crippen molar-refractivity contribution in [3.8, 4) is 0 Å². The quantitative estimate of drug-likeness (QED) is 0.904. The zero-order valence-corrected chi connectivity index (χ0v) is 12.0. The highest BCUT2D eigenvalue weighted by Crippen LogP contribution is 2.29. The van der Waals surface area contributed by atoms with Crippen LogP contribution in [-0.4, -0.2) is 35.6 Å². The van der Waals surface area contributed by atoms with Crippen LogP contribution >= 0.6 is 0 Å². The van der Waals surface area contributed by atoms with Crippen molar-refractivity contribution < 1.29 is 13.2 Å². The van der Waals surface area contributed by atoms with Crippen molar-refractivity contribution in [2.45, 2.75) is 11.6 Å². The Balaban J connectivity index is 1.95. The van der Waals surface area contributed by atoms with E-state index in [0.29, 0.717) is 11.4 Å². The van der Waals surface area contributed by atoms with Crippen LogP contribution in [0.4, 0.5) is 5.82 Å². The van der Waals surface area contributed by atoms with E-state index in [0.717, 1.165) is 4.31 Å². The van der Waals surface area contributed by atoms with Crippen LogP contribution < -0.4 is 5.32 Å². The van der Waals surface area contributed by atoms with Crippen LogP contribution in [0.2, 0.25) is 0 Å². The molecule has 1 N–H and O–H groups in total. The summed E-state index contributed by atoms with van der Waals surface area (Å²) in [5.74, 6) is 0.107. The number of amides is 1. The molecule has 0 aromatic carbocycles. The first kappa shape index (κ1) is 13.5. The summed E-state index contributed by atoms with van der Waals surface area (Å²) in [6.07, 6.45) is 2.89. The van der Waals surface area contributed by atoms with Gasteiger partial charge < -0.3 is 5.32 Å². The molecular weight excluding hydrogens is 292 g/mol. The molecule has 1 amide bonds. The number of nitrogens with one attached hydrogen (secondary N) is 1. The number of pyridine rings is 2. The van der Waals surface area contributed by atoms with E-state index >= 15 is 0 Å². The Bertz CT molecular complexity index is 802. The highest BCUT2D eigenvalue weighted by molar-refractivity contribution is 7.90. The molecule has 0 aliphatic carbocycles. The molecule has 108 valence electrons. The Kier molecular flexibility index (Phi) is 3.09. The minimum atomic E-state index is -3.88. The normalized spacial score (nSPS) is 15.9. The minimum Gasteiger partial charge on any atom is -0.373 e. The largest absolute Gasteiger partial charge is 0.373 e. The third-order valence-corrected chi connectivity index (χ3v) is 4.86. The summed E-state index contributed by atoms with van der Waals surface area (Å²) in [5, 5.41) is 2.68. The number of hydrogen-bond acceptors (Lipinski definition) is 6. The molecule has 0 fully saturated rings. The van der Waals surface area contributed by atoms with Gasteiger partial charge in [0.25, 0.3) is 15.9 Å². The Morgan fingerprint density at radius 1 is 1.24 bits per heavy atom. The Morgan fingerprint density at radius 3 is 2.67 bits per heavy atom. The highest BCUT2D eigenvalue weighted by atomic mass is 32.2. The molecule has 0 unspecified atom stereocenters. The van der Waals surface area contributed by atoms with E-state index in [-0.39, 0.29) is 17.1 Å². The average Bonchev–Trinajstić information content (AvgIpc) is 2.70. The van der Waals surface area contributed by atoms with Crippen LogP contribution in [0.15, 0.2) is 41.7 Å². The smallest absolute Gasteiger partial charge is 0.285 e. The maximum absolute atomic E-state index is 12.3. The number of sulfonamides is 1. The van der Waals surface area contributed by atoms with Gasteiger partial charge in [-0.15, -0.1) is 0 Å². The first-order chi connectivity index (χ1) is 10.0. The second-order valence-corrected chi connectivity index (χ2v) is 6.25. The lowest BCUT2D eigenvalue weighted by molar-refractivity contribution is 0.0864. The third-order valence-electron chi connectivity index (χ3n) is 3.17. The lowest BCUT2D eigenvalue weighted by Crippen LogP contribution is -2.29. The summed E-state index contributed by atoms with van der Waals surface area (Å²) >= 11 is 0. The molecule has 0 atom stereocenters. The lowest BCUT2D eigenvalue weighted by Gasteiger charge is -2.14. The van der Waals surface area contributed by atoms with Gasteiger partial charge in [0.15, 0.2) is 5.03 Å². The summed E-state index contributed by atoms with van der Waals surface area (Å²) in [4.78, 5) is 20.1. The van der Waals surface area contributed by atoms with E-state index in [9.17, 15) is 13.2 Å². The fraction of sp³-hybridized carbons (Fsp3) is 0.154. The van der Waals surface area contributed by atoms with Gasteiger partial charge in [0, 0.05) is 19.4 Å². The number of carbonyl (C=O) groups excluding carboxylic acids is 1. The highest BCUT2D eigenvalue weighted by Gasteiger charge is 2.42. The molecule has 3 rings (SSSR count). The molecule has 7 nitrogen and oxygen atoms in total. The van der Waals surface area contributed by atoms with Crippen molar-refractivity contribution >= 4 is 21.7 Å². The molecule has 0 radical (unpaired) electrons. The molecule has 21 heavy (non-hydrogen) atoms. The van der Waals surface area contributed by atoms with Crippen LogP contribution in [-0.2, 0) is 16.6 Å². The lowest BCUT2D eigenvalue weighted by atomic mass is 10.2. The Labute approximate surface area is 121 Å². The first-order valence-electron chi connectivity index (χ1n) is 6.19. The SMILES string of the molecule is CNc1ccc(CN2C(=O)c3cccnc3S2(=O)=O)cn1. The minimum absolute atomic E-state index is 0.0610. The van der Waals surface area contributed by atoms with Crippen molar-refractivity contribution in [1.29, 1.82) is 0 Å². The fourth-order valence-electron chi connectivity index (χ4n) is 2.10. The fourth-order valence-corrected chi connectivity index (χ4v) is 3.57. The number of rotatable bonds is 3. The van der Waals surface area contributed by atoms with Gasteiger partial charge in [-0.05, 0) is 23.8 Å². The van der Waals surface area contributed by atoms with Gasteiger partial charge in [0.2, 0.25) is 0 Å². The van der Waals surface area contributed by atoms with E-state index in [1.54, 1.807) is 25.2 Å². The van der Waals surface area contributed by atoms with E-state index in [2.05, 4.69) is 15.3 Å². The van der Waals surface area contributed by atoms with E-state index in [4.69, 9.17) is 0 Å². The van der Waals surface area contributed by atoms with Crippen molar-refractivity contribution in [2.24, 2.45) is 0 Å². The van der Waals surface area contributed by atoms with Crippen LogP contribution in [0.25, 0.3) is 0 Å². The first-order valence-corrected chi connectivity index (χ1v) is 7.63. The topological polar surface area (TPSA) is 92.3 Å². The molecular formula is C13H12N4O3S. The summed E-state index contributed by atoms with van der Waals surface area (Å²) in [5.41, 5.74) is 0.732. The summed E-state index contributed by atoms with van der Waals surface area (Å²) in [6, 6.07) is 6.44. The average molecular weight is 304 g/mol. The predicted octanol–water partition coefficient (Wildman–Crippen LogP) is 0.863. The standard InChI is InChI=1S/C13H12N4O3S/c1-14-11-5-4-9(7-16-11)8-17-13(18)10-3-2-6-15-12(10)21(17,19)20/h2-7H,8H2,1H3,(H,14,16). The summed E-state index contributed by atoms with van der Waals surface area (Å²) < 4.78 is 25.5. The van der Waals surface area contributed by atoms with Crippen molar-refractivity contribution in [1.82, 2.24) is 14.3 Å². The van der Waals surface area contributed by atoms with Gasteiger partial charge in [-0.3, -0.25) is 4.79 Å². The number of hydrogen-bond donors (Lipinski definition) is 1. The number of anilines is 1. The predicted molar refractivity (Wildman–Crippen MR) is 75.1 cm³/mol. The molecule has 2 aromatic rings. The van der Waals surface area contributed by atoms with Crippen molar-refractivity contribution in [3.63, 3.8) is 0 Å². The van der Waals surface area contributed by atoms with Gasteiger partial charge in [0.05, 0.1) is 12.1 Å². The Morgan fingerprint density at radius 2 is 2.05 bits per heavy atom. The molecule has 0 saturated carbocycles. The zero-order chi connectivity index (χ0) is 15.0. The maximum atomic E-state index is 12.3. The van der Waals surface area contributed by atoms with Gasteiger partial charge >= 0.3 is 0 Å². The number of fused-ring (bicyclic) bond motifs is 1. The molecule has 1 aliphatic heterocycles. The van der Waals surface area contributed by atoms with Crippen molar-refractivity contribution in [3.05, 3.63) is 47.8 Å². The second kappa shape index (κ2) is 4.81. The number of carbonyl (C=O) groups is 1. The van der Waals surface area contributed by atoms with Crippen LogP contribution in [0.3, 0.4) is 0 Å². The summed E-state index contributed by atoms with van der Waals surface area (Å²) in [6.45, 7) is -0.0610. The van der Waals surface area contributed by atoms with Crippen LogP contribution in [0.1, 0.15) is 15.9 Å². The molecule has 2 aromatic heterocycles. The molecule has 0 bridgehead atoms. The maximum Gasteiger partial charge on any atom is 0.285 e. The van der Waals surface area contributed by atoms with E-state index in [1.165, 1.54) is 18.5 Å². The van der Waals surface area contributed by atoms with Gasteiger partial charge in [0.1, 0.15) is 5.82 Å². The van der Waals surface area contributed by atoms with Crippen LogP contribution in [0, 0.1) is 0 Å². The van der Waals surface area contributed by atoms with E-state index < -0.39 is 15.9 Å². The second-order valence-electron chi connectivity index (χ2n) is 4.47. The van der Waals surface area contributed by atoms with Gasteiger partial charge in [-0.25, -0.2) is 14.3 Å². The number of nitrogens with zero attached hydrogens (tertiary/aromatic N) is 3. The third kappa shape index (κ3) is 2.13.